The van der Waals surface area contributed by atoms with E-state index in [-0.39, 0.29) is 17.3 Å². The maximum Gasteiger partial charge on any atom is 0.270 e. The highest BCUT2D eigenvalue weighted by Gasteiger charge is 2.41. The largest absolute Gasteiger partial charge is 0.497 e. The van der Waals surface area contributed by atoms with Gasteiger partial charge in [-0.1, -0.05) is 42.5 Å². The smallest absolute Gasteiger partial charge is 0.270 e. The standard InChI is InChI=1S/C34H30N2O6S/c1-4-41-31-20-23(15-17-30(31)42-22-24-21-27(39-2)16-18-29(24)40-3)19-28-32(37)35(25-11-7-5-8-12-25)34(43)36(33(28)38)26-13-9-6-10-14-26/h5-21H,4,22H2,1-3H3. The average Bonchev–Trinajstić information content (AvgIpc) is 3.03. The summed E-state index contributed by atoms with van der Waals surface area (Å²) in [6.07, 6.45) is 1.55. The average molecular weight is 595 g/mol. The van der Waals surface area contributed by atoms with Crippen LogP contribution in [0.5, 0.6) is 23.0 Å². The molecule has 5 rings (SSSR count). The van der Waals surface area contributed by atoms with E-state index in [1.54, 1.807) is 62.8 Å². The van der Waals surface area contributed by atoms with Gasteiger partial charge in [0.2, 0.25) is 0 Å². The van der Waals surface area contributed by atoms with Crippen LogP contribution < -0.4 is 28.7 Å². The minimum atomic E-state index is -0.517. The predicted molar refractivity (Wildman–Crippen MR) is 170 cm³/mol. The van der Waals surface area contributed by atoms with Crippen molar-refractivity contribution in [3.63, 3.8) is 0 Å². The molecule has 218 valence electrons. The van der Waals surface area contributed by atoms with Crippen LogP contribution in [0.2, 0.25) is 0 Å². The van der Waals surface area contributed by atoms with Crippen LogP contribution >= 0.6 is 12.2 Å². The molecule has 4 aromatic carbocycles. The molecule has 1 aliphatic rings. The number of benzene rings is 4. The normalized spacial score (nSPS) is 13.2. The molecule has 0 N–H and O–H groups in total. The number of amides is 2. The molecule has 1 aliphatic heterocycles. The molecule has 4 aromatic rings. The molecule has 8 nitrogen and oxygen atoms in total. The van der Waals surface area contributed by atoms with E-state index in [0.717, 1.165) is 5.56 Å². The first-order chi connectivity index (χ1) is 20.9. The van der Waals surface area contributed by atoms with Gasteiger partial charge in [-0.05, 0) is 85.4 Å². The van der Waals surface area contributed by atoms with Crippen molar-refractivity contribution < 1.29 is 28.5 Å². The summed E-state index contributed by atoms with van der Waals surface area (Å²) < 4.78 is 22.8. The monoisotopic (exact) mass is 594 g/mol. The van der Waals surface area contributed by atoms with Gasteiger partial charge in [-0.2, -0.15) is 0 Å². The van der Waals surface area contributed by atoms with Crippen molar-refractivity contribution in [3.05, 3.63) is 114 Å². The van der Waals surface area contributed by atoms with E-state index in [9.17, 15) is 9.59 Å². The van der Waals surface area contributed by atoms with Gasteiger partial charge >= 0.3 is 0 Å². The van der Waals surface area contributed by atoms with Crippen molar-refractivity contribution in [1.82, 2.24) is 0 Å². The number of methoxy groups -OCH3 is 2. The van der Waals surface area contributed by atoms with E-state index in [1.807, 2.05) is 61.5 Å². The first-order valence-corrected chi connectivity index (χ1v) is 14.0. The van der Waals surface area contributed by atoms with E-state index in [4.69, 9.17) is 31.2 Å². The fourth-order valence-electron chi connectivity index (χ4n) is 4.66. The molecule has 0 aromatic heterocycles. The Bertz CT molecular complexity index is 1610. The topological polar surface area (TPSA) is 77.5 Å². The van der Waals surface area contributed by atoms with Gasteiger partial charge in [-0.3, -0.25) is 19.4 Å². The van der Waals surface area contributed by atoms with Gasteiger partial charge in [0.15, 0.2) is 16.6 Å². The zero-order valence-corrected chi connectivity index (χ0v) is 24.8. The Kier molecular flexibility index (Phi) is 9.02. The number of thiocarbonyl (C=S) groups is 1. The van der Waals surface area contributed by atoms with Crippen LogP contribution in [-0.4, -0.2) is 37.8 Å². The van der Waals surface area contributed by atoms with Crippen LogP contribution in [-0.2, 0) is 16.2 Å². The van der Waals surface area contributed by atoms with Gasteiger partial charge in [0.1, 0.15) is 23.7 Å². The number of anilines is 2. The lowest BCUT2D eigenvalue weighted by Crippen LogP contribution is -2.56. The number of hydrogen-bond donors (Lipinski definition) is 0. The molecule has 1 heterocycles. The van der Waals surface area contributed by atoms with Crippen molar-refractivity contribution >= 4 is 46.6 Å². The van der Waals surface area contributed by atoms with Gasteiger partial charge in [0, 0.05) is 5.56 Å². The molecular formula is C34H30N2O6S. The van der Waals surface area contributed by atoms with E-state index in [0.29, 0.717) is 46.5 Å². The summed E-state index contributed by atoms with van der Waals surface area (Å²) in [5, 5.41) is 0.0799. The highest BCUT2D eigenvalue weighted by atomic mass is 32.1. The zero-order chi connectivity index (χ0) is 30.3. The number of carbonyl (C=O) groups is 2. The fourth-order valence-corrected chi connectivity index (χ4v) is 5.03. The minimum absolute atomic E-state index is 0.0430. The third-order valence-corrected chi connectivity index (χ3v) is 7.09. The second-order valence-corrected chi connectivity index (χ2v) is 9.76. The van der Waals surface area contributed by atoms with Gasteiger partial charge in [-0.25, -0.2) is 0 Å². The van der Waals surface area contributed by atoms with Crippen LogP contribution in [0.25, 0.3) is 6.08 Å². The lowest BCUT2D eigenvalue weighted by atomic mass is 10.0. The van der Waals surface area contributed by atoms with E-state index in [2.05, 4.69) is 0 Å². The highest BCUT2D eigenvalue weighted by Crippen LogP contribution is 2.34. The number of hydrogen-bond acceptors (Lipinski definition) is 7. The summed E-state index contributed by atoms with van der Waals surface area (Å²) in [5.74, 6) is 1.27. The van der Waals surface area contributed by atoms with Gasteiger partial charge in [-0.15, -0.1) is 0 Å². The van der Waals surface area contributed by atoms with Crippen LogP contribution in [0.15, 0.2) is 103 Å². The predicted octanol–water partition coefficient (Wildman–Crippen LogP) is 6.43. The molecule has 0 unspecified atom stereocenters. The molecule has 9 heteroatoms. The first-order valence-electron chi connectivity index (χ1n) is 13.6. The minimum Gasteiger partial charge on any atom is -0.497 e. The maximum absolute atomic E-state index is 13.8. The first kappa shape index (κ1) is 29.3. The fraction of sp³-hybridized carbons (Fsp3) is 0.147. The second-order valence-electron chi connectivity index (χ2n) is 9.40. The van der Waals surface area contributed by atoms with E-state index >= 15 is 0 Å². The quantitative estimate of drug-likeness (QED) is 0.119. The number of ether oxygens (including phenoxy) is 4. The SMILES string of the molecule is CCOc1cc(C=C2C(=O)N(c3ccccc3)C(=S)N(c3ccccc3)C2=O)ccc1OCc1cc(OC)ccc1OC. The molecule has 0 bridgehead atoms. The Morgan fingerprint density at radius 3 is 1.86 bits per heavy atom. The zero-order valence-electron chi connectivity index (χ0n) is 24.0. The summed E-state index contributed by atoms with van der Waals surface area (Å²) in [5.41, 5.74) is 2.46. The van der Waals surface area contributed by atoms with E-state index in [1.165, 1.54) is 9.80 Å². The van der Waals surface area contributed by atoms with Crippen molar-refractivity contribution in [2.24, 2.45) is 0 Å². The molecule has 0 radical (unpaired) electrons. The molecule has 43 heavy (non-hydrogen) atoms. The molecule has 1 saturated heterocycles. The molecule has 0 aliphatic carbocycles. The number of para-hydroxylation sites is 2. The Balaban J connectivity index is 1.50. The third kappa shape index (κ3) is 6.22. The third-order valence-electron chi connectivity index (χ3n) is 6.73. The lowest BCUT2D eigenvalue weighted by Gasteiger charge is -2.36. The van der Waals surface area contributed by atoms with Gasteiger partial charge < -0.3 is 18.9 Å². The second kappa shape index (κ2) is 13.2. The Labute approximate surface area is 255 Å². The van der Waals surface area contributed by atoms with Crippen LogP contribution in [0.4, 0.5) is 11.4 Å². The Hall–Kier alpha value is -5.15. The molecule has 0 spiro atoms. The van der Waals surface area contributed by atoms with Crippen molar-refractivity contribution in [2.45, 2.75) is 13.5 Å². The van der Waals surface area contributed by atoms with Crippen LogP contribution in [0.1, 0.15) is 18.1 Å². The highest BCUT2D eigenvalue weighted by molar-refractivity contribution is 7.81. The Morgan fingerprint density at radius 1 is 0.698 bits per heavy atom. The molecule has 0 saturated carbocycles. The maximum atomic E-state index is 13.8. The summed E-state index contributed by atoms with van der Waals surface area (Å²) in [6.45, 7) is 2.45. The van der Waals surface area contributed by atoms with Crippen LogP contribution in [0.3, 0.4) is 0 Å². The molecule has 0 atom stereocenters. The number of carbonyl (C=O) groups excluding carboxylic acids is 2. The summed E-state index contributed by atoms with van der Waals surface area (Å²) in [7, 11) is 3.19. The summed E-state index contributed by atoms with van der Waals surface area (Å²) in [4.78, 5) is 30.4. The molecule has 1 fully saturated rings. The molecular weight excluding hydrogens is 564 g/mol. The Morgan fingerprint density at radius 2 is 1.30 bits per heavy atom. The van der Waals surface area contributed by atoms with Gasteiger partial charge in [0.05, 0.1) is 32.2 Å². The lowest BCUT2D eigenvalue weighted by molar-refractivity contribution is -0.120. The van der Waals surface area contributed by atoms with Crippen molar-refractivity contribution in [2.75, 3.05) is 30.6 Å². The van der Waals surface area contributed by atoms with Gasteiger partial charge in [0.25, 0.3) is 11.8 Å². The summed E-state index contributed by atoms with van der Waals surface area (Å²) >= 11 is 5.69. The van der Waals surface area contributed by atoms with Crippen LogP contribution in [0, 0.1) is 0 Å². The number of nitrogens with zero attached hydrogens (tertiary/aromatic N) is 2. The van der Waals surface area contributed by atoms with Crippen molar-refractivity contribution in [3.8, 4) is 23.0 Å². The van der Waals surface area contributed by atoms with Crippen molar-refractivity contribution in [1.29, 1.82) is 0 Å². The molecule has 2 amide bonds. The number of rotatable bonds is 10. The summed E-state index contributed by atoms with van der Waals surface area (Å²) in [6, 6.07) is 28.8. The van der Waals surface area contributed by atoms with E-state index < -0.39 is 11.8 Å².